The molecule has 1 aliphatic rings. The van der Waals surface area contributed by atoms with Crippen LogP contribution in [0.4, 0.5) is 0 Å². The molecule has 1 amide bonds. The van der Waals surface area contributed by atoms with E-state index in [0.29, 0.717) is 24.3 Å². The molecule has 4 rings (SSSR count). The van der Waals surface area contributed by atoms with Crippen molar-refractivity contribution in [3.8, 4) is 22.9 Å². The minimum Gasteiger partial charge on any atom is -0.493 e. The highest BCUT2D eigenvalue weighted by atomic mass is 16.5. The summed E-state index contributed by atoms with van der Waals surface area (Å²) in [5.41, 5.74) is 4.23. The molecule has 28 heavy (non-hydrogen) atoms. The molecule has 1 unspecified atom stereocenters. The van der Waals surface area contributed by atoms with Crippen LogP contribution in [0.25, 0.3) is 11.1 Å². The smallest absolute Gasteiger partial charge is 0.251 e. The molecule has 1 aliphatic heterocycles. The van der Waals surface area contributed by atoms with Crippen molar-refractivity contribution in [2.75, 3.05) is 13.2 Å². The fourth-order valence-electron chi connectivity index (χ4n) is 3.32. The van der Waals surface area contributed by atoms with E-state index in [9.17, 15) is 4.79 Å². The topological polar surface area (TPSA) is 87.9 Å². The number of nitrogens with zero attached hydrogens (tertiary/aromatic N) is 3. The molecular formula is C22H18N4O2. The molecule has 6 nitrogen and oxygen atoms in total. The van der Waals surface area contributed by atoms with E-state index in [4.69, 9.17) is 10.00 Å². The molecule has 0 saturated carbocycles. The molecule has 1 N–H and O–H groups in total. The van der Waals surface area contributed by atoms with Crippen LogP contribution in [-0.4, -0.2) is 29.3 Å². The van der Waals surface area contributed by atoms with Gasteiger partial charge in [0.15, 0.2) is 0 Å². The Morgan fingerprint density at radius 1 is 1.14 bits per heavy atom. The largest absolute Gasteiger partial charge is 0.493 e. The number of fused-ring (bicyclic) bond motifs is 1. The van der Waals surface area contributed by atoms with Gasteiger partial charge >= 0.3 is 0 Å². The third kappa shape index (κ3) is 3.69. The highest BCUT2D eigenvalue weighted by Crippen LogP contribution is 2.36. The number of amides is 1. The number of benzene rings is 2. The number of hydrogen-bond donors (Lipinski definition) is 1. The van der Waals surface area contributed by atoms with Crippen LogP contribution in [0, 0.1) is 11.3 Å². The first kappa shape index (κ1) is 17.7. The van der Waals surface area contributed by atoms with Crippen LogP contribution in [0.2, 0.25) is 0 Å². The van der Waals surface area contributed by atoms with Gasteiger partial charge in [-0.3, -0.25) is 4.79 Å². The Hall–Kier alpha value is -3.72. The molecule has 0 fully saturated rings. The molecule has 0 radical (unpaired) electrons. The van der Waals surface area contributed by atoms with Crippen LogP contribution in [0.3, 0.4) is 0 Å². The lowest BCUT2D eigenvalue weighted by atomic mass is 9.96. The lowest BCUT2D eigenvalue weighted by molar-refractivity contribution is 0.0952. The van der Waals surface area contributed by atoms with Crippen molar-refractivity contribution in [1.29, 1.82) is 5.26 Å². The molecule has 0 saturated heterocycles. The number of nitrogens with one attached hydrogen (secondary N) is 1. The molecule has 6 heteroatoms. The van der Waals surface area contributed by atoms with Gasteiger partial charge in [0.05, 0.1) is 30.6 Å². The highest BCUT2D eigenvalue weighted by molar-refractivity contribution is 5.94. The van der Waals surface area contributed by atoms with Crippen LogP contribution in [0.5, 0.6) is 5.75 Å². The molecular weight excluding hydrogens is 352 g/mol. The van der Waals surface area contributed by atoms with Gasteiger partial charge in [-0.2, -0.15) is 15.5 Å². The molecule has 1 atom stereocenters. The summed E-state index contributed by atoms with van der Waals surface area (Å²) in [6.45, 7) is 1.12. The minimum absolute atomic E-state index is 0.107. The summed E-state index contributed by atoms with van der Waals surface area (Å²) >= 11 is 0. The summed E-state index contributed by atoms with van der Waals surface area (Å²) in [5, 5.41) is 19.7. The quantitative estimate of drug-likeness (QED) is 0.744. The van der Waals surface area contributed by atoms with Crippen LogP contribution in [-0.2, 0) is 0 Å². The second kappa shape index (κ2) is 7.89. The van der Waals surface area contributed by atoms with E-state index < -0.39 is 0 Å². The lowest BCUT2D eigenvalue weighted by Crippen LogP contribution is -2.25. The van der Waals surface area contributed by atoms with Gasteiger partial charge in [0.25, 0.3) is 5.91 Å². The van der Waals surface area contributed by atoms with Crippen molar-refractivity contribution >= 4 is 5.91 Å². The van der Waals surface area contributed by atoms with Gasteiger partial charge in [0.1, 0.15) is 5.75 Å². The molecule has 0 spiro atoms. The zero-order chi connectivity index (χ0) is 19.3. The maximum atomic E-state index is 12.4. The van der Waals surface area contributed by atoms with Gasteiger partial charge < -0.3 is 10.1 Å². The SMILES string of the molecule is N#Cc1ccc2c(c1)C(CCNC(=O)c1ccc(-c3ccnnc3)cc1)CO2. The Morgan fingerprint density at radius 3 is 2.75 bits per heavy atom. The molecule has 0 aliphatic carbocycles. The van der Waals surface area contributed by atoms with Gasteiger partial charge in [0, 0.05) is 29.2 Å². The Bertz CT molecular complexity index is 1030. The number of rotatable bonds is 5. The Balaban J connectivity index is 1.34. The number of hydrogen-bond acceptors (Lipinski definition) is 5. The second-order valence-electron chi connectivity index (χ2n) is 6.63. The average molecular weight is 370 g/mol. The molecule has 0 bridgehead atoms. The first-order valence-electron chi connectivity index (χ1n) is 9.07. The fraction of sp³-hybridized carbons (Fsp3) is 0.182. The minimum atomic E-state index is -0.107. The number of ether oxygens (including phenoxy) is 1. The Morgan fingerprint density at radius 2 is 2.00 bits per heavy atom. The van der Waals surface area contributed by atoms with Crippen LogP contribution < -0.4 is 10.1 Å². The van der Waals surface area contributed by atoms with Crippen molar-refractivity contribution in [2.24, 2.45) is 0 Å². The lowest BCUT2D eigenvalue weighted by Gasteiger charge is -2.10. The maximum Gasteiger partial charge on any atom is 0.251 e. The number of nitriles is 1. The molecule has 2 aromatic carbocycles. The normalized spacial score (nSPS) is 14.6. The number of carbonyl (C=O) groups excluding carboxylic acids is 1. The fourth-order valence-corrected chi connectivity index (χ4v) is 3.32. The summed E-state index contributed by atoms with van der Waals surface area (Å²) < 4.78 is 5.68. The van der Waals surface area contributed by atoms with Gasteiger partial charge in [-0.15, -0.1) is 0 Å². The van der Waals surface area contributed by atoms with E-state index in [-0.39, 0.29) is 11.8 Å². The third-order valence-electron chi connectivity index (χ3n) is 4.86. The monoisotopic (exact) mass is 370 g/mol. The van der Waals surface area contributed by atoms with Crippen LogP contribution in [0.15, 0.2) is 60.9 Å². The van der Waals surface area contributed by atoms with Crippen molar-refractivity contribution in [3.63, 3.8) is 0 Å². The zero-order valence-electron chi connectivity index (χ0n) is 15.1. The van der Waals surface area contributed by atoms with Crippen molar-refractivity contribution in [1.82, 2.24) is 15.5 Å². The summed E-state index contributed by atoms with van der Waals surface area (Å²) in [7, 11) is 0. The van der Waals surface area contributed by atoms with Gasteiger partial charge in [-0.25, -0.2) is 0 Å². The van der Waals surface area contributed by atoms with Gasteiger partial charge in [-0.1, -0.05) is 12.1 Å². The molecule has 138 valence electrons. The third-order valence-corrected chi connectivity index (χ3v) is 4.86. The van der Waals surface area contributed by atoms with E-state index in [1.54, 1.807) is 30.6 Å². The zero-order valence-corrected chi connectivity index (χ0v) is 15.1. The van der Waals surface area contributed by atoms with Crippen LogP contribution in [0.1, 0.15) is 33.8 Å². The van der Waals surface area contributed by atoms with Crippen molar-refractivity contribution in [3.05, 3.63) is 77.6 Å². The second-order valence-corrected chi connectivity index (χ2v) is 6.63. The van der Waals surface area contributed by atoms with Crippen LogP contribution >= 0.6 is 0 Å². The first-order valence-corrected chi connectivity index (χ1v) is 9.07. The predicted octanol–water partition coefficient (Wildman–Crippen LogP) is 3.31. The number of aromatic nitrogens is 2. The van der Waals surface area contributed by atoms with Crippen molar-refractivity contribution < 1.29 is 9.53 Å². The number of carbonyl (C=O) groups is 1. The van der Waals surface area contributed by atoms with E-state index >= 15 is 0 Å². The van der Waals surface area contributed by atoms with Crippen molar-refractivity contribution in [2.45, 2.75) is 12.3 Å². The molecule has 2 heterocycles. The van der Waals surface area contributed by atoms with E-state index in [1.807, 2.05) is 30.3 Å². The van der Waals surface area contributed by atoms with Gasteiger partial charge in [-0.05, 0) is 48.4 Å². The average Bonchev–Trinajstić information content (AvgIpc) is 3.16. The first-order chi connectivity index (χ1) is 13.7. The Kier molecular flexibility index (Phi) is 4.98. The maximum absolute atomic E-state index is 12.4. The molecule has 3 aromatic rings. The Labute approximate surface area is 162 Å². The van der Waals surface area contributed by atoms with E-state index in [2.05, 4.69) is 21.6 Å². The van der Waals surface area contributed by atoms with Gasteiger partial charge in [0.2, 0.25) is 0 Å². The highest BCUT2D eigenvalue weighted by Gasteiger charge is 2.24. The molecule has 1 aromatic heterocycles. The summed E-state index contributed by atoms with van der Waals surface area (Å²) in [5.74, 6) is 0.908. The van der Waals surface area contributed by atoms with E-state index in [0.717, 1.165) is 28.9 Å². The summed E-state index contributed by atoms with van der Waals surface area (Å²) in [4.78, 5) is 12.4. The van der Waals surface area contributed by atoms with E-state index in [1.165, 1.54) is 0 Å². The predicted molar refractivity (Wildman–Crippen MR) is 104 cm³/mol. The summed E-state index contributed by atoms with van der Waals surface area (Å²) in [6, 6.07) is 16.9. The standard InChI is InChI=1S/C22H18N4O2/c23-12-15-1-6-21-20(11-15)19(14-28-21)7-9-24-22(27)17-4-2-16(3-5-17)18-8-10-25-26-13-18/h1-6,8,10-11,13,19H,7,9,14H2,(H,24,27). The summed E-state index contributed by atoms with van der Waals surface area (Å²) in [6.07, 6.45) is 4.09.